The second-order valence-electron chi connectivity index (χ2n) is 7.21. The Labute approximate surface area is 180 Å². The van der Waals surface area contributed by atoms with E-state index in [2.05, 4.69) is 4.98 Å². The number of carbonyl (C=O) groups is 1. The second-order valence-corrected chi connectivity index (χ2v) is 7.21. The molecule has 0 atom stereocenters. The second kappa shape index (κ2) is 7.28. The Morgan fingerprint density at radius 1 is 1.00 bits per heavy atom. The van der Waals surface area contributed by atoms with Gasteiger partial charge in [-0.3, -0.25) is 24.6 Å². The van der Waals surface area contributed by atoms with Crippen LogP contribution in [0.1, 0.15) is 6.92 Å². The first-order chi connectivity index (χ1) is 15.5. The summed E-state index contributed by atoms with van der Waals surface area (Å²) in [6, 6.07) is 19.7. The molecule has 3 aromatic carbocycles. The molecule has 1 amide bonds. The van der Waals surface area contributed by atoms with Gasteiger partial charge in [0.05, 0.1) is 4.92 Å². The SMILES string of the molecule is CC(=O)N(c1ccccc1)c1c2oc3ccc([N+](=O)[O-])cc3nc-2c2ccccc2c1=O. The molecular weight excluding hydrogens is 410 g/mol. The normalized spacial score (nSPS) is 11.2. The third-order valence-electron chi connectivity index (χ3n) is 5.22. The van der Waals surface area contributed by atoms with E-state index in [1.165, 1.54) is 30.0 Å². The number of aromatic nitrogens is 1. The van der Waals surface area contributed by atoms with E-state index < -0.39 is 4.92 Å². The van der Waals surface area contributed by atoms with Crippen LogP contribution in [0, 0.1) is 10.1 Å². The average Bonchev–Trinajstić information content (AvgIpc) is 2.80. The van der Waals surface area contributed by atoms with Crippen LogP contribution in [0.25, 0.3) is 33.3 Å². The highest BCUT2D eigenvalue weighted by atomic mass is 16.6. The lowest BCUT2D eigenvalue weighted by molar-refractivity contribution is -0.384. The highest BCUT2D eigenvalue weighted by Gasteiger charge is 2.29. The van der Waals surface area contributed by atoms with E-state index in [4.69, 9.17) is 4.42 Å². The third-order valence-corrected chi connectivity index (χ3v) is 5.22. The Hall–Kier alpha value is -4.59. The van der Waals surface area contributed by atoms with Crippen LogP contribution < -0.4 is 10.3 Å². The molecule has 1 heterocycles. The summed E-state index contributed by atoms with van der Waals surface area (Å²) in [5, 5.41) is 12.1. The van der Waals surface area contributed by atoms with Crippen molar-refractivity contribution in [3.05, 3.63) is 93.1 Å². The Balaban J connectivity index is 1.95. The number of benzene rings is 4. The topological polar surface area (TPSA) is 107 Å². The standard InChI is InChI=1S/C24H15N3O5/c1-14(28)26(15-7-3-2-4-8-15)22-23(29)18-10-6-5-9-17(18)21-24(22)32-20-12-11-16(27(30)31)13-19(20)25-21/h2-13H,1H3. The van der Waals surface area contributed by atoms with Gasteiger partial charge in [-0.2, -0.15) is 0 Å². The lowest BCUT2D eigenvalue weighted by Crippen LogP contribution is -2.29. The number of para-hydroxylation sites is 1. The van der Waals surface area contributed by atoms with Crippen LogP contribution in [-0.4, -0.2) is 15.8 Å². The van der Waals surface area contributed by atoms with Crippen LogP contribution in [0.2, 0.25) is 0 Å². The van der Waals surface area contributed by atoms with Gasteiger partial charge in [-0.1, -0.05) is 42.5 Å². The quantitative estimate of drug-likeness (QED) is 0.173. The van der Waals surface area contributed by atoms with Crippen molar-refractivity contribution in [1.82, 2.24) is 4.98 Å². The largest absolute Gasteiger partial charge is 0.450 e. The van der Waals surface area contributed by atoms with E-state index in [9.17, 15) is 19.7 Å². The Kier molecular flexibility index (Phi) is 4.41. The molecule has 2 aliphatic rings. The molecule has 0 saturated heterocycles. The van der Waals surface area contributed by atoms with Gasteiger partial charge < -0.3 is 4.42 Å². The Bertz CT molecular complexity index is 1560. The van der Waals surface area contributed by atoms with Crippen molar-refractivity contribution in [2.45, 2.75) is 6.92 Å². The van der Waals surface area contributed by atoms with Gasteiger partial charge in [0.1, 0.15) is 16.9 Å². The molecule has 1 aliphatic carbocycles. The van der Waals surface area contributed by atoms with Crippen LogP contribution in [0.15, 0.2) is 82.0 Å². The van der Waals surface area contributed by atoms with Crippen LogP contribution in [0.3, 0.4) is 0 Å². The molecular formula is C24H15N3O5. The first-order valence-electron chi connectivity index (χ1n) is 9.75. The minimum atomic E-state index is -0.511. The zero-order valence-corrected chi connectivity index (χ0v) is 16.8. The fraction of sp³-hybridized carbons (Fsp3) is 0.0417. The summed E-state index contributed by atoms with van der Waals surface area (Å²) in [6.07, 6.45) is 0. The van der Waals surface area contributed by atoms with Crippen LogP contribution in [-0.2, 0) is 4.79 Å². The van der Waals surface area contributed by atoms with Gasteiger partial charge in [-0.05, 0) is 18.2 Å². The molecule has 0 spiro atoms. The number of amides is 1. The first kappa shape index (κ1) is 19.4. The molecule has 1 aliphatic heterocycles. The summed E-state index contributed by atoms with van der Waals surface area (Å²) in [4.78, 5) is 42.9. The number of hydrogen-bond acceptors (Lipinski definition) is 6. The average molecular weight is 425 g/mol. The molecule has 3 aromatic rings. The predicted molar refractivity (Wildman–Crippen MR) is 120 cm³/mol. The fourth-order valence-electron chi connectivity index (χ4n) is 3.83. The molecule has 0 N–H and O–H groups in total. The summed E-state index contributed by atoms with van der Waals surface area (Å²) < 4.78 is 6.07. The fourth-order valence-corrected chi connectivity index (χ4v) is 3.83. The summed E-state index contributed by atoms with van der Waals surface area (Å²) >= 11 is 0. The van der Waals surface area contributed by atoms with Crippen LogP contribution >= 0.6 is 0 Å². The molecule has 0 radical (unpaired) electrons. The van der Waals surface area contributed by atoms with Crippen LogP contribution in [0.5, 0.6) is 0 Å². The summed E-state index contributed by atoms with van der Waals surface area (Å²) in [6.45, 7) is 1.37. The van der Waals surface area contributed by atoms with Crippen LogP contribution in [0.4, 0.5) is 17.1 Å². The van der Waals surface area contributed by atoms with Gasteiger partial charge in [-0.15, -0.1) is 0 Å². The first-order valence-corrected chi connectivity index (χ1v) is 9.75. The summed E-state index contributed by atoms with van der Waals surface area (Å²) in [5.41, 5.74) is 0.924. The number of fused-ring (bicyclic) bond motifs is 4. The van der Waals surface area contributed by atoms with E-state index in [0.717, 1.165) is 0 Å². The number of non-ortho nitro benzene ring substituents is 1. The third kappa shape index (κ3) is 2.97. The van der Waals surface area contributed by atoms with Gasteiger partial charge in [-0.25, -0.2) is 4.98 Å². The van der Waals surface area contributed by atoms with Gasteiger partial charge in [0, 0.05) is 35.5 Å². The minimum Gasteiger partial charge on any atom is -0.450 e. The van der Waals surface area contributed by atoms with E-state index in [0.29, 0.717) is 22.2 Å². The molecule has 8 heteroatoms. The van der Waals surface area contributed by atoms with Gasteiger partial charge >= 0.3 is 0 Å². The molecule has 0 aromatic heterocycles. The molecule has 156 valence electrons. The smallest absolute Gasteiger partial charge is 0.271 e. The number of rotatable bonds is 3. The van der Waals surface area contributed by atoms with Gasteiger partial charge in [0.25, 0.3) is 5.69 Å². The predicted octanol–water partition coefficient (Wildman–Crippen LogP) is 5.04. The molecule has 5 rings (SSSR count). The maximum absolute atomic E-state index is 13.6. The van der Waals surface area contributed by atoms with E-state index >= 15 is 0 Å². The zero-order valence-electron chi connectivity index (χ0n) is 16.8. The van der Waals surface area contributed by atoms with Crippen molar-refractivity contribution in [3.8, 4) is 11.5 Å². The highest BCUT2D eigenvalue weighted by molar-refractivity contribution is 6.08. The van der Waals surface area contributed by atoms with E-state index in [-0.39, 0.29) is 39.6 Å². The van der Waals surface area contributed by atoms with Crippen molar-refractivity contribution in [3.63, 3.8) is 0 Å². The number of nitro benzene ring substituents is 1. The van der Waals surface area contributed by atoms with Crippen molar-refractivity contribution < 1.29 is 14.1 Å². The van der Waals surface area contributed by atoms with E-state index in [1.807, 2.05) is 6.07 Å². The summed E-state index contributed by atoms with van der Waals surface area (Å²) in [7, 11) is 0. The molecule has 0 bridgehead atoms. The number of carbonyl (C=O) groups excluding carboxylic acids is 1. The number of anilines is 2. The molecule has 0 unspecified atom stereocenters. The lowest BCUT2D eigenvalue weighted by Gasteiger charge is -2.24. The van der Waals surface area contributed by atoms with Gasteiger partial charge in [0.15, 0.2) is 11.3 Å². The monoisotopic (exact) mass is 425 g/mol. The highest BCUT2D eigenvalue weighted by Crippen LogP contribution is 2.39. The van der Waals surface area contributed by atoms with E-state index in [1.54, 1.807) is 48.5 Å². The zero-order chi connectivity index (χ0) is 22.4. The van der Waals surface area contributed by atoms with Crippen molar-refractivity contribution in [1.29, 1.82) is 0 Å². The molecule has 0 saturated carbocycles. The minimum absolute atomic E-state index is 0.0464. The number of hydrogen-bond donors (Lipinski definition) is 0. The molecule has 8 nitrogen and oxygen atoms in total. The van der Waals surface area contributed by atoms with Crippen molar-refractivity contribution in [2.75, 3.05) is 4.90 Å². The molecule has 32 heavy (non-hydrogen) atoms. The maximum atomic E-state index is 13.6. The maximum Gasteiger partial charge on any atom is 0.271 e. The Morgan fingerprint density at radius 2 is 1.69 bits per heavy atom. The number of nitrogens with zero attached hydrogens (tertiary/aromatic N) is 3. The van der Waals surface area contributed by atoms with Gasteiger partial charge in [0.2, 0.25) is 11.3 Å². The summed E-state index contributed by atoms with van der Waals surface area (Å²) in [5.74, 6) is -0.238. The molecule has 0 fully saturated rings. The lowest BCUT2D eigenvalue weighted by atomic mass is 10.0. The Morgan fingerprint density at radius 3 is 2.38 bits per heavy atom. The van der Waals surface area contributed by atoms with Crippen molar-refractivity contribution in [2.24, 2.45) is 0 Å². The van der Waals surface area contributed by atoms with Crippen molar-refractivity contribution >= 4 is 44.8 Å². The number of nitro groups is 1.